The standard InChI is InChI=1S/C33H38N4O4/c1-21(2)40-28-9-7-6-8-26(28)27-20-24-14-17-34-31(38)29(24)30(36-27)35-25-12-10-22(11-13-25)23-15-18-37(19-16-23)32(39)41-33(3,4)5/h6-14,17,20-21,23H,15-16,18-19H2,1-5H3,(H,34,38)(H,35,36). The van der Waals surface area contributed by atoms with Crippen LogP contribution in [0.3, 0.4) is 0 Å². The highest BCUT2D eigenvalue weighted by atomic mass is 16.6. The van der Waals surface area contributed by atoms with E-state index in [4.69, 9.17) is 14.5 Å². The second kappa shape index (κ2) is 11.6. The number of pyridine rings is 2. The van der Waals surface area contributed by atoms with E-state index in [-0.39, 0.29) is 17.8 Å². The first-order chi connectivity index (χ1) is 19.6. The van der Waals surface area contributed by atoms with Gasteiger partial charge in [-0.15, -0.1) is 0 Å². The smallest absolute Gasteiger partial charge is 0.410 e. The van der Waals surface area contributed by atoms with E-state index in [0.29, 0.717) is 30.2 Å². The molecule has 8 heteroatoms. The lowest BCUT2D eigenvalue weighted by molar-refractivity contribution is 0.0205. The SMILES string of the molecule is CC(C)Oc1ccccc1-c1cc2cc[nH]c(=O)c2c(Nc2ccc(C3CCN(C(=O)OC(C)(C)C)CC3)cc2)n1. The Morgan fingerprint density at radius 2 is 1.76 bits per heavy atom. The molecule has 214 valence electrons. The van der Waals surface area contributed by atoms with Crippen molar-refractivity contribution in [2.45, 2.75) is 65.1 Å². The summed E-state index contributed by atoms with van der Waals surface area (Å²) in [5, 5.41) is 4.67. The zero-order valence-corrected chi connectivity index (χ0v) is 24.4. The van der Waals surface area contributed by atoms with Crippen LogP contribution in [0.5, 0.6) is 5.75 Å². The predicted octanol–water partition coefficient (Wildman–Crippen LogP) is 7.24. The summed E-state index contributed by atoms with van der Waals surface area (Å²) in [7, 11) is 0. The Morgan fingerprint density at radius 3 is 2.44 bits per heavy atom. The Kier molecular flexibility index (Phi) is 8.01. The molecule has 8 nitrogen and oxygen atoms in total. The van der Waals surface area contributed by atoms with Gasteiger partial charge in [0.2, 0.25) is 0 Å². The number of rotatable bonds is 6. The van der Waals surface area contributed by atoms with Crippen molar-refractivity contribution in [1.29, 1.82) is 0 Å². The van der Waals surface area contributed by atoms with Crippen LogP contribution in [-0.2, 0) is 4.74 Å². The quantitative estimate of drug-likeness (QED) is 0.261. The van der Waals surface area contributed by atoms with Crippen molar-refractivity contribution < 1.29 is 14.3 Å². The van der Waals surface area contributed by atoms with Gasteiger partial charge in [0.15, 0.2) is 0 Å². The van der Waals surface area contributed by atoms with Crippen LogP contribution in [0.4, 0.5) is 16.3 Å². The number of piperidine rings is 1. The number of aromatic amines is 1. The Hall–Kier alpha value is -4.33. The molecule has 4 aromatic rings. The molecule has 2 aromatic heterocycles. The van der Waals surface area contributed by atoms with Gasteiger partial charge in [-0.1, -0.05) is 24.3 Å². The van der Waals surface area contributed by atoms with Crippen LogP contribution in [0.2, 0.25) is 0 Å². The van der Waals surface area contributed by atoms with Gasteiger partial charge in [-0.25, -0.2) is 9.78 Å². The van der Waals surface area contributed by atoms with E-state index in [1.165, 1.54) is 5.56 Å². The molecule has 41 heavy (non-hydrogen) atoms. The number of H-pyrrole nitrogens is 1. The Labute approximate surface area is 240 Å². The number of carbonyl (C=O) groups excluding carboxylic acids is 1. The minimum Gasteiger partial charge on any atom is -0.490 e. The molecule has 5 rings (SSSR count). The van der Waals surface area contributed by atoms with Crippen LogP contribution in [0.15, 0.2) is 71.7 Å². The molecule has 0 radical (unpaired) electrons. The first-order valence-corrected chi connectivity index (χ1v) is 14.2. The van der Waals surface area contributed by atoms with Crippen LogP contribution in [0, 0.1) is 0 Å². The molecule has 0 spiro atoms. The largest absolute Gasteiger partial charge is 0.490 e. The number of fused-ring (bicyclic) bond motifs is 1. The van der Waals surface area contributed by atoms with E-state index in [9.17, 15) is 9.59 Å². The molecule has 0 aliphatic carbocycles. The highest BCUT2D eigenvalue weighted by molar-refractivity contribution is 5.95. The second-order valence-electron chi connectivity index (χ2n) is 11.8. The normalized spacial score (nSPS) is 14.3. The number of nitrogens with zero attached hydrogens (tertiary/aromatic N) is 2. The van der Waals surface area contributed by atoms with Crippen LogP contribution < -0.4 is 15.6 Å². The Bertz CT molecular complexity index is 1580. The minimum atomic E-state index is -0.493. The summed E-state index contributed by atoms with van der Waals surface area (Å²) in [6, 6.07) is 19.9. The molecule has 1 fully saturated rings. The van der Waals surface area contributed by atoms with Crippen LogP contribution in [-0.4, -0.2) is 45.8 Å². The first-order valence-electron chi connectivity index (χ1n) is 14.2. The fourth-order valence-corrected chi connectivity index (χ4v) is 5.17. The highest BCUT2D eigenvalue weighted by Gasteiger charge is 2.27. The van der Waals surface area contributed by atoms with Gasteiger partial charge >= 0.3 is 6.09 Å². The second-order valence-corrected chi connectivity index (χ2v) is 11.8. The van der Waals surface area contributed by atoms with Crippen molar-refractivity contribution in [3.63, 3.8) is 0 Å². The van der Waals surface area contributed by atoms with Gasteiger partial charge in [-0.05, 0) is 101 Å². The van der Waals surface area contributed by atoms with Gasteiger partial charge in [0, 0.05) is 30.5 Å². The van der Waals surface area contributed by atoms with Gasteiger partial charge in [-0.3, -0.25) is 4.79 Å². The van der Waals surface area contributed by atoms with E-state index in [2.05, 4.69) is 22.4 Å². The molecule has 1 amide bonds. The predicted molar refractivity (Wildman–Crippen MR) is 163 cm³/mol. The lowest BCUT2D eigenvalue weighted by atomic mass is 9.89. The van der Waals surface area contributed by atoms with Gasteiger partial charge in [0.1, 0.15) is 17.2 Å². The summed E-state index contributed by atoms with van der Waals surface area (Å²) in [5.41, 5.74) is 2.94. The molecule has 1 saturated heterocycles. The summed E-state index contributed by atoms with van der Waals surface area (Å²) in [5.74, 6) is 1.59. The molecule has 0 atom stereocenters. The zero-order chi connectivity index (χ0) is 29.1. The molecule has 0 bridgehead atoms. The molecular formula is C33H38N4O4. The fourth-order valence-electron chi connectivity index (χ4n) is 5.17. The average Bonchev–Trinajstić information content (AvgIpc) is 2.92. The number of hydrogen-bond acceptors (Lipinski definition) is 6. The number of anilines is 2. The summed E-state index contributed by atoms with van der Waals surface area (Å²) in [6.07, 6.45) is 3.18. The van der Waals surface area contributed by atoms with E-state index in [0.717, 1.165) is 40.9 Å². The van der Waals surface area contributed by atoms with Crippen molar-refractivity contribution in [3.8, 4) is 17.0 Å². The number of likely N-dealkylation sites (tertiary alicyclic amines) is 1. The summed E-state index contributed by atoms with van der Waals surface area (Å²) in [6.45, 7) is 11.0. The lowest BCUT2D eigenvalue weighted by Gasteiger charge is -2.33. The maximum absolute atomic E-state index is 12.9. The van der Waals surface area contributed by atoms with E-state index < -0.39 is 5.60 Å². The number of nitrogens with one attached hydrogen (secondary N) is 2. The number of aromatic nitrogens is 2. The van der Waals surface area contributed by atoms with Crippen molar-refractivity contribution in [2.24, 2.45) is 0 Å². The molecule has 1 aliphatic heterocycles. The number of amides is 1. The number of carbonyl (C=O) groups is 1. The van der Waals surface area contributed by atoms with Crippen LogP contribution in [0.25, 0.3) is 22.0 Å². The minimum absolute atomic E-state index is 0.0140. The topological polar surface area (TPSA) is 96.6 Å². The first kappa shape index (κ1) is 28.2. The molecule has 2 aromatic carbocycles. The van der Waals surface area contributed by atoms with Gasteiger partial charge in [0.25, 0.3) is 5.56 Å². The molecule has 2 N–H and O–H groups in total. The maximum Gasteiger partial charge on any atom is 0.410 e. The Morgan fingerprint density at radius 1 is 1.05 bits per heavy atom. The van der Waals surface area contributed by atoms with Crippen molar-refractivity contribution >= 4 is 28.4 Å². The molecule has 1 aliphatic rings. The van der Waals surface area contributed by atoms with Crippen molar-refractivity contribution in [3.05, 3.63) is 82.8 Å². The maximum atomic E-state index is 12.9. The van der Waals surface area contributed by atoms with Crippen molar-refractivity contribution in [2.75, 3.05) is 18.4 Å². The molecule has 3 heterocycles. The monoisotopic (exact) mass is 554 g/mol. The molecular weight excluding hydrogens is 516 g/mol. The third kappa shape index (κ3) is 6.70. The van der Waals surface area contributed by atoms with Gasteiger partial charge in [0.05, 0.1) is 17.2 Å². The highest BCUT2D eigenvalue weighted by Crippen LogP contribution is 2.34. The van der Waals surface area contributed by atoms with Gasteiger partial charge < -0.3 is 24.7 Å². The van der Waals surface area contributed by atoms with E-state index >= 15 is 0 Å². The fraction of sp³-hybridized carbons (Fsp3) is 0.364. The van der Waals surface area contributed by atoms with Crippen LogP contribution in [0.1, 0.15) is 58.9 Å². The van der Waals surface area contributed by atoms with Crippen molar-refractivity contribution in [1.82, 2.24) is 14.9 Å². The molecule has 0 unspecified atom stereocenters. The van der Waals surface area contributed by atoms with Gasteiger partial charge in [-0.2, -0.15) is 0 Å². The summed E-state index contributed by atoms with van der Waals surface area (Å²) < 4.78 is 11.6. The number of ether oxygens (including phenoxy) is 2. The number of hydrogen-bond donors (Lipinski definition) is 2. The van der Waals surface area contributed by atoms with E-state index in [1.54, 1.807) is 11.1 Å². The zero-order valence-electron chi connectivity index (χ0n) is 24.4. The number of para-hydroxylation sites is 1. The summed E-state index contributed by atoms with van der Waals surface area (Å²) >= 11 is 0. The lowest BCUT2D eigenvalue weighted by Crippen LogP contribution is -2.41. The van der Waals surface area contributed by atoms with Crippen LogP contribution >= 0.6 is 0 Å². The summed E-state index contributed by atoms with van der Waals surface area (Å²) in [4.78, 5) is 34.8. The molecule has 0 saturated carbocycles. The Balaban J connectivity index is 1.37. The van der Waals surface area contributed by atoms with E-state index in [1.807, 2.05) is 83.1 Å². The average molecular weight is 555 g/mol. The third-order valence-electron chi connectivity index (χ3n) is 7.07. The number of benzene rings is 2. The third-order valence-corrected chi connectivity index (χ3v) is 7.07.